The number of halogens is 1. The molecule has 0 atom stereocenters. The molecule has 160 valence electrons. The van der Waals surface area contributed by atoms with Crippen LogP contribution in [0.2, 0.25) is 5.02 Å². The molecule has 31 heavy (non-hydrogen) atoms. The van der Waals surface area contributed by atoms with Crippen molar-refractivity contribution in [3.8, 4) is 11.3 Å². The predicted octanol–water partition coefficient (Wildman–Crippen LogP) is 3.86. The van der Waals surface area contributed by atoms with Gasteiger partial charge in [0.1, 0.15) is 0 Å². The van der Waals surface area contributed by atoms with E-state index in [1.807, 2.05) is 18.2 Å². The van der Waals surface area contributed by atoms with Crippen LogP contribution in [0.1, 0.15) is 35.7 Å². The molecule has 1 aromatic carbocycles. The van der Waals surface area contributed by atoms with Crippen LogP contribution in [-0.4, -0.2) is 40.1 Å². The minimum atomic E-state index is -0.173. The third-order valence-corrected chi connectivity index (χ3v) is 5.63. The van der Waals surface area contributed by atoms with Gasteiger partial charge in [0.2, 0.25) is 5.91 Å². The number of H-pyrrole nitrogens is 1. The van der Waals surface area contributed by atoms with Crippen LogP contribution in [0.25, 0.3) is 11.3 Å². The summed E-state index contributed by atoms with van der Waals surface area (Å²) in [5.41, 5.74) is 3.79. The number of carbonyl (C=O) groups excluding carboxylic acids is 2. The van der Waals surface area contributed by atoms with E-state index in [0.717, 1.165) is 29.7 Å². The Morgan fingerprint density at radius 2 is 2.06 bits per heavy atom. The van der Waals surface area contributed by atoms with E-state index in [1.165, 1.54) is 0 Å². The molecule has 0 unspecified atom stereocenters. The lowest BCUT2D eigenvalue weighted by Gasteiger charge is -2.22. The average Bonchev–Trinajstić information content (AvgIpc) is 3.44. The fourth-order valence-electron chi connectivity index (χ4n) is 3.38. The standard InChI is InChI=1S/C23H24ClN5O2/c1-15(30)29(14-16-2-3-16)22-7-5-18(10-20(22)24)21-6-4-19(13-26-21)23(31)25-9-8-17-11-27-28-12-17/h4-7,10-13,16H,2-3,8-9,14H2,1H3,(H,25,31)(H,27,28). The highest BCUT2D eigenvalue weighted by Gasteiger charge is 2.27. The Bertz CT molecular complexity index is 1060. The number of nitrogens with zero attached hydrogens (tertiary/aromatic N) is 3. The van der Waals surface area contributed by atoms with Gasteiger partial charge in [-0.3, -0.25) is 19.7 Å². The molecular weight excluding hydrogens is 414 g/mol. The lowest BCUT2D eigenvalue weighted by Crippen LogP contribution is -2.30. The van der Waals surface area contributed by atoms with Gasteiger partial charge < -0.3 is 10.2 Å². The van der Waals surface area contributed by atoms with Gasteiger partial charge in [0, 0.05) is 38.0 Å². The molecule has 4 rings (SSSR count). The van der Waals surface area contributed by atoms with Crippen LogP contribution < -0.4 is 10.2 Å². The second kappa shape index (κ2) is 9.31. The first-order chi connectivity index (χ1) is 15.0. The molecule has 1 fully saturated rings. The summed E-state index contributed by atoms with van der Waals surface area (Å²) in [4.78, 5) is 30.6. The average molecular weight is 438 g/mol. The van der Waals surface area contributed by atoms with E-state index in [1.54, 1.807) is 42.5 Å². The zero-order valence-corrected chi connectivity index (χ0v) is 18.0. The highest BCUT2D eigenvalue weighted by molar-refractivity contribution is 6.34. The van der Waals surface area contributed by atoms with Crippen molar-refractivity contribution in [2.45, 2.75) is 26.2 Å². The summed E-state index contributed by atoms with van der Waals surface area (Å²) in [6, 6.07) is 9.11. The molecule has 0 bridgehead atoms. The maximum atomic E-state index is 12.3. The van der Waals surface area contributed by atoms with Crippen molar-refractivity contribution in [1.29, 1.82) is 0 Å². The van der Waals surface area contributed by atoms with Gasteiger partial charge in [-0.1, -0.05) is 17.7 Å². The molecule has 1 saturated carbocycles. The van der Waals surface area contributed by atoms with E-state index in [9.17, 15) is 9.59 Å². The van der Waals surface area contributed by atoms with E-state index in [2.05, 4.69) is 20.5 Å². The minimum Gasteiger partial charge on any atom is -0.352 e. The smallest absolute Gasteiger partial charge is 0.252 e. The Balaban J connectivity index is 1.41. The summed E-state index contributed by atoms with van der Waals surface area (Å²) in [5, 5.41) is 10.0. The molecule has 0 saturated heterocycles. The maximum absolute atomic E-state index is 12.3. The fraction of sp³-hybridized carbons (Fsp3) is 0.304. The molecule has 2 N–H and O–H groups in total. The minimum absolute atomic E-state index is 0.0113. The Kier molecular flexibility index (Phi) is 6.32. The Morgan fingerprint density at radius 3 is 2.68 bits per heavy atom. The molecule has 3 aromatic rings. The summed E-state index contributed by atoms with van der Waals surface area (Å²) < 4.78 is 0. The molecule has 2 amide bonds. The van der Waals surface area contributed by atoms with E-state index in [0.29, 0.717) is 41.7 Å². The number of amides is 2. The normalized spacial score (nSPS) is 13.1. The third-order valence-electron chi connectivity index (χ3n) is 5.33. The molecular formula is C23H24ClN5O2. The molecule has 2 aromatic heterocycles. The van der Waals surface area contributed by atoms with Crippen molar-refractivity contribution in [2.75, 3.05) is 18.0 Å². The van der Waals surface area contributed by atoms with Crippen LogP contribution in [0.3, 0.4) is 0 Å². The van der Waals surface area contributed by atoms with Gasteiger partial charge in [0.05, 0.1) is 28.2 Å². The zero-order valence-electron chi connectivity index (χ0n) is 17.3. The van der Waals surface area contributed by atoms with Crippen molar-refractivity contribution < 1.29 is 9.59 Å². The quantitative estimate of drug-likeness (QED) is 0.559. The van der Waals surface area contributed by atoms with Crippen LogP contribution in [0.4, 0.5) is 5.69 Å². The Morgan fingerprint density at radius 1 is 1.23 bits per heavy atom. The number of hydrogen-bond donors (Lipinski definition) is 2. The number of rotatable bonds is 8. The van der Waals surface area contributed by atoms with E-state index >= 15 is 0 Å². The van der Waals surface area contributed by atoms with Crippen LogP contribution in [-0.2, 0) is 11.2 Å². The van der Waals surface area contributed by atoms with Crippen LogP contribution in [0, 0.1) is 5.92 Å². The van der Waals surface area contributed by atoms with Gasteiger partial charge >= 0.3 is 0 Å². The van der Waals surface area contributed by atoms with Gasteiger partial charge in [0.15, 0.2) is 0 Å². The summed E-state index contributed by atoms with van der Waals surface area (Å²) >= 11 is 6.51. The number of aromatic amines is 1. The molecule has 0 aliphatic heterocycles. The van der Waals surface area contributed by atoms with Gasteiger partial charge in [-0.2, -0.15) is 5.10 Å². The highest BCUT2D eigenvalue weighted by atomic mass is 35.5. The van der Waals surface area contributed by atoms with Gasteiger partial charge in [-0.05, 0) is 55.0 Å². The van der Waals surface area contributed by atoms with Crippen molar-refractivity contribution >= 4 is 29.1 Å². The monoisotopic (exact) mass is 437 g/mol. The second-order valence-corrected chi connectivity index (χ2v) is 8.19. The number of nitrogens with one attached hydrogen (secondary N) is 2. The van der Waals surface area contributed by atoms with Crippen molar-refractivity contribution in [2.24, 2.45) is 5.92 Å². The van der Waals surface area contributed by atoms with Gasteiger partial charge in [-0.15, -0.1) is 0 Å². The molecule has 7 nitrogen and oxygen atoms in total. The third kappa shape index (κ3) is 5.30. The van der Waals surface area contributed by atoms with E-state index in [4.69, 9.17) is 11.6 Å². The van der Waals surface area contributed by atoms with Crippen molar-refractivity contribution in [3.63, 3.8) is 0 Å². The number of carbonyl (C=O) groups is 2. The molecule has 1 aliphatic rings. The lowest BCUT2D eigenvalue weighted by molar-refractivity contribution is -0.116. The molecule has 1 aliphatic carbocycles. The number of anilines is 1. The topological polar surface area (TPSA) is 91.0 Å². The Hall–Kier alpha value is -3.19. The van der Waals surface area contributed by atoms with E-state index in [-0.39, 0.29) is 11.8 Å². The first kappa shape index (κ1) is 21.1. The van der Waals surface area contributed by atoms with Crippen LogP contribution in [0.5, 0.6) is 0 Å². The lowest BCUT2D eigenvalue weighted by atomic mass is 10.1. The molecule has 0 spiro atoms. The summed E-state index contributed by atoms with van der Waals surface area (Å²) in [6.07, 6.45) is 8.12. The Labute approximate surface area is 185 Å². The molecule has 0 radical (unpaired) electrons. The fourth-order valence-corrected chi connectivity index (χ4v) is 3.66. The summed E-state index contributed by atoms with van der Waals surface area (Å²) in [7, 11) is 0. The van der Waals surface area contributed by atoms with Gasteiger partial charge in [0.25, 0.3) is 5.91 Å². The van der Waals surface area contributed by atoms with Crippen LogP contribution in [0.15, 0.2) is 48.9 Å². The first-order valence-electron chi connectivity index (χ1n) is 10.3. The number of aromatic nitrogens is 3. The summed E-state index contributed by atoms with van der Waals surface area (Å²) in [6.45, 7) is 2.79. The molecule has 2 heterocycles. The highest BCUT2D eigenvalue weighted by Crippen LogP contribution is 2.35. The maximum Gasteiger partial charge on any atom is 0.252 e. The molecule has 8 heteroatoms. The van der Waals surface area contributed by atoms with E-state index < -0.39 is 0 Å². The number of benzene rings is 1. The zero-order chi connectivity index (χ0) is 21.8. The summed E-state index contributed by atoms with van der Waals surface area (Å²) in [5.74, 6) is 0.385. The largest absolute Gasteiger partial charge is 0.352 e. The van der Waals surface area contributed by atoms with Crippen molar-refractivity contribution in [1.82, 2.24) is 20.5 Å². The second-order valence-electron chi connectivity index (χ2n) is 7.78. The first-order valence-corrected chi connectivity index (χ1v) is 10.7. The van der Waals surface area contributed by atoms with Gasteiger partial charge in [-0.25, -0.2) is 0 Å². The number of pyridine rings is 1. The van der Waals surface area contributed by atoms with Crippen LogP contribution >= 0.6 is 11.6 Å². The predicted molar refractivity (Wildman–Crippen MR) is 120 cm³/mol. The van der Waals surface area contributed by atoms with Crippen molar-refractivity contribution in [3.05, 3.63) is 65.1 Å². The SMILES string of the molecule is CC(=O)N(CC1CC1)c1ccc(-c2ccc(C(=O)NCCc3cn[nH]c3)cn2)cc1Cl. The number of hydrogen-bond acceptors (Lipinski definition) is 4.